The molecular weight excluding hydrogens is 440 g/mol. The van der Waals surface area contributed by atoms with Gasteiger partial charge in [-0.25, -0.2) is 13.4 Å². The monoisotopic (exact) mass is 458 g/mol. The molecule has 9 heteroatoms. The lowest BCUT2D eigenvalue weighted by atomic mass is 10.0. The van der Waals surface area contributed by atoms with E-state index in [-0.39, 0.29) is 16.1 Å². The number of aromatic nitrogens is 4. The zero-order chi connectivity index (χ0) is 23.2. The van der Waals surface area contributed by atoms with Crippen molar-refractivity contribution in [3.8, 4) is 28.3 Å². The average Bonchev–Trinajstić information content (AvgIpc) is 3.34. The fourth-order valence-electron chi connectivity index (χ4n) is 3.81. The number of rotatable bonds is 4. The molecule has 0 unspecified atom stereocenters. The number of fused-ring (bicyclic) bond motifs is 1. The van der Waals surface area contributed by atoms with Crippen LogP contribution in [-0.4, -0.2) is 34.4 Å². The minimum Gasteiger partial charge on any atom is -0.444 e. The third-order valence-corrected chi connectivity index (χ3v) is 6.36. The zero-order valence-electron chi connectivity index (χ0n) is 17.8. The summed E-state index contributed by atoms with van der Waals surface area (Å²) in [6, 6.07) is 15.6. The molecule has 5 aromatic rings. The van der Waals surface area contributed by atoms with Gasteiger partial charge in [0, 0.05) is 29.0 Å². The molecule has 0 atom stereocenters. The molecule has 5 rings (SSSR count). The number of hydrogen-bond acceptors (Lipinski definition) is 7. The first-order chi connectivity index (χ1) is 15.8. The van der Waals surface area contributed by atoms with Gasteiger partial charge in [0.15, 0.2) is 22.0 Å². The smallest absolute Gasteiger partial charge is 0.298 e. The summed E-state index contributed by atoms with van der Waals surface area (Å²) >= 11 is 0. The number of sulfone groups is 1. The Labute approximate surface area is 189 Å². The predicted octanol–water partition coefficient (Wildman–Crippen LogP) is 3.81. The van der Waals surface area contributed by atoms with Crippen LogP contribution in [0, 0.1) is 6.92 Å². The second-order valence-corrected chi connectivity index (χ2v) is 9.64. The summed E-state index contributed by atoms with van der Waals surface area (Å²) < 4.78 is 31.4. The highest BCUT2D eigenvalue weighted by Gasteiger charge is 2.20. The number of aryl methyl sites for hydroxylation is 1. The van der Waals surface area contributed by atoms with Crippen LogP contribution in [-0.2, 0) is 9.84 Å². The Kier molecular flexibility index (Phi) is 4.90. The number of benzene rings is 2. The maximum Gasteiger partial charge on any atom is 0.298 e. The molecule has 0 bridgehead atoms. The Morgan fingerprint density at radius 2 is 1.79 bits per heavy atom. The molecule has 0 aliphatic heterocycles. The first-order valence-electron chi connectivity index (χ1n) is 10.0. The minimum atomic E-state index is -3.61. The summed E-state index contributed by atoms with van der Waals surface area (Å²) in [7, 11) is -3.61. The summed E-state index contributed by atoms with van der Waals surface area (Å²) in [5, 5.41) is 5.19. The molecule has 164 valence electrons. The molecule has 0 aliphatic carbocycles. The fourth-order valence-corrected chi connectivity index (χ4v) is 4.67. The molecule has 2 aromatic carbocycles. The van der Waals surface area contributed by atoms with E-state index in [9.17, 15) is 13.2 Å². The van der Waals surface area contributed by atoms with Crippen molar-refractivity contribution < 1.29 is 12.8 Å². The molecule has 33 heavy (non-hydrogen) atoms. The lowest BCUT2D eigenvalue weighted by molar-refractivity contribution is 0.572. The summed E-state index contributed by atoms with van der Waals surface area (Å²) in [6.07, 6.45) is 5.60. The van der Waals surface area contributed by atoms with Crippen molar-refractivity contribution in [1.29, 1.82) is 0 Å². The van der Waals surface area contributed by atoms with E-state index in [1.54, 1.807) is 36.5 Å². The minimum absolute atomic E-state index is 0.00687. The average molecular weight is 458 g/mol. The van der Waals surface area contributed by atoms with Crippen LogP contribution in [0.3, 0.4) is 0 Å². The molecule has 0 saturated carbocycles. The molecular formula is C24H18N4O4S. The molecule has 0 radical (unpaired) electrons. The number of nitrogens with zero attached hydrogens (tertiary/aromatic N) is 4. The molecule has 0 fully saturated rings. The van der Waals surface area contributed by atoms with Crippen molar-refractivity contribution in [2.24, 2.45) is 0 Å². The number of pyridine rings is 1. The molecule has 0 saturated heterocycles. The molecule has 0 amide bonds. The number of para-hydroxylation sites is 1. The third kappa shape index (κ3) is 3.72. The van der Waals surface area contributed by atoms with Crippen LogP contribution in [0.25, 0.3) is 39.2 Å². The van der Waals surface area contributed by atoms with Crippen molar-refractivity contribution in [1.82, 2.24) is 19.7 Å². The van der Waals surface area contributed by atoms with Crippen molar-refractivity contribution >= 4 is 20.7 Å². The van der Waals surface area contributed by atoms with Gasteiger partial charge < -0.3 is 4.42 Å². The zero-order valence-corrected chi connectivity index (χ0v) is 18.6. The molecule has 3 heterocycles. The Hall–Kier alpha value is -4.11. The summed E-state index contributed by atoms with van der Waals surface area (Å²) in [5.41, 5.74) is 2.82. The highest BCUT2D eigenvalue weighted by Crippen LogP contribution is 2.30. The van der Waals surface area contributed by atoms with Crippen LogP contribution in [0.15, 0.2) is 87.5 Å². The van der Waals surface area contributed by atoms with E-state index in [0.717, 1.165) is 27.6 Å². The summed E-state index contributed by atoms with van der Waals surface area (Å²) in [4.78, 5) is 21.6. The first-order valence-corrected chi connectivity index (χ1v) is 11.9. The van der Waals surface area contributed by atoms with E-state index < -0.39 is 15.4 Å². The van der Waals surface area contributed by atoms with Gasteiger partial charge in [0.05, 0.1) is 16.8 Å². The van der Waals surface area contributed by atoms with Gasteiger partial charge in [-0.2, -0.15) is 9.78 Å². The van der Waals surface area contributed by atoms with Crippen molar-refractivity contribution in [2.45, 2.75) is 11.8 Å². The Balaban J connectivity index is 1.85. The van der Waals surface area contributed by atoms with Crippen LogP contribution in [0.5, 0.6) is 0 Å². The van der Waals surface area contributed by atoms with Gasteiger partial charge in [0.25, 0.3) is 5.56 Å². The molecule has 0 N–H and O–H groups in total. The largest absolute Gasteiger partial charge is 0.444 e. The fraction of sp³-hybridized carbons (Fsp3) is 0.0833. The van der Waals surface area contributed by atoms with E-state index in [4.69, 9.17) is 4.42 Å². The van der Waals surface area contributed by atoms with E-state index in [0.29, 0.717) is 16.8 Å². The molecule has 0 spiro atoms. The van der Waals surface area contributed by atoms with Crippen LogP contribution in [0.4, 0.5) is 0 Å². The van der Waals surface area contributed by atoms with Crippen LogP contribution in [0.2, 0.25) is 0 Å². The first kappa shape index (κ1) is 20.8. The summed E-state index contributed by atoms with van der Waals surface area (Å²) in [6.45, 7) is 1.94. The number of hydrogen-bond donors (Lipinski definition) is 0. The van der Waals surface area contributed by atoms with Gasteiger partial charge in [-0.1, -0.05) is 12.1 Å². The number of oxazole rings is 1. The quantitative estimate of drug-likeness (QED) is 0.403. The highest BCUT2D eigenvalue weighted by molar-refractivity contribution is 7.90. The topological polar surface area (TPSA) is 108 Å². The summed E-state index contributed by atoms with van der Waals surface area (Å²) in [5.74, 6) is 0.595. The van der Waals surface area contributed by atoms with Gasteiger partial charge >= 0.3 is 0 Å². The van der Waals surface area contributed by atoms with Crippen molar-refractivity contribution in [3.05, 3.63) is 89.3 Å². The van der Waals surface area contributed by atoms with Crippen LogP contribution in [0.1, 0.15) is 5.56 Å². The SMILES string of the molecule is Cc1cc(-c2cnco2)cc(-c2nn(-c3ccccc3S(C)(=O)=O)c(=O)c3ncccc23)c1. The van der Waals surface area contributed by atoms with Gasteiger partial charge in [0.1, 0.15) is 11.2 Å². The second-order valence-electron chi connectivity index (χ2n) is 7.66. The second kappa shape index (κ2) is 7.79. The van der Waals surface area contributed by atoms with E-state index >= 15 is 0 Å². The van der Waals surface area contributed by atoms with Crippen molar-refractivity contribution in [2.75, 3.05) is 6.26 Å². The van der Waals surface area contributed by atoms with Gasteiger partial charge in [-0.05, 0) is 55.0 Å². The molecule has 8 nitrogen and oxygen atoms in total. The van der Waals surface area contributed by atoms with Gasteiger partial charge in [0.2, 0.25) is 0 Å². The Bertz CT molecular complexity index is 1670. The maximum atomic E-state index is 13.3. The van der Waals surface area contributed by atoms with E-state index in [2.05, 4.69) is 15.1 Å². The Morgan fingerprint density at radius 1 is 1.00 bits per heavy atom. The normalized spacial score (nSPS) is 11.7. The molecule has 3 aromatic heterocycles. The van der Waals surface area contributed by atoms with Crippen LogP contribution >= 0.6 is 0 Å². The highest BCUT2D eigenvalue weighted by atomic mass is 32.2. The van der Waals surface area contributed by atoms with Crippen molar-refractivity contribution in [3.63, 3.8) is 0 Å². The van der Waals surface area contributed by atoms with Gasteiger partial charge in [-0.15, -0.1) is 0 Å². The lowest BCUT2D eigenvalue weighted by Crippen LogP contribution is -2.24. The lowest BCUT2D eigenvalue weighted by Gasteiger charge is -2.14. The Morgan fingerprint density at radius 3 is 2.55 bits per heavy atom. The van der Waals surface area contributed by atoms with E-state index in [1.165, 1.54) is 18.7 Å². The van der Waals surface area contributed by atoms with Crippen LogP contribution < -0.4 is 5.56 Å². The van der Waals surface area contributed by atoms with Gasteiger partial charge in [-0.3, -0.25) is 9.78 Å². The maximum absolute atomic E-state index is 13.3. The molecule has 0 aliphatic rings. The predicted molar refractivity (Wildman–Crippen MR) is 124 cm³/mol. The van der Waals surface area contributed by atoms with E-state index in [1.807, 2.05) is 25.1 Å². The third-order valence-electron chi connectivity index (χ3n) is 5.22. The standard InChI is InChI=1S/C24H18N4O4S/c1-15-10-16(20-13-25-14-32-20)12-17(11-15)22-18-6-5-9-26-23(18)24(29)28(27-22)19-7-3-4-8-21(19)33(2,30)31/h3-14H,1-2H3.